The zero-order chi connectivity index (χ0) is 12.1. The van der Waals surface area contributed by atoms with Crippen LogP contribution < -0.4 is 10.1 Å². The van der Waals surface area contributed by atoms with Gasteiger partial charge >= 0.3 is 0 Å². The van der Waals surface area contributed by atoms with Crippen molar-refractivity contribution in [2.45, 2.75) is 20.0 Å². The van der Waals surface area contributed by atoms with Crippen molar-refractivity contribution in [2.75, 3.05) is 7.11 Å². The number of thiazole rings is 1. The second kappa shape index (κ2) is 5.80. The molecule has 17 heavy (non-hydrogen) atoms. The zero-order valence-electron chi connectivity index (χ0n) is 10.1. The van der Waals surface area contributed by atoms with Crippen molar-refractivity contribution in [2.24, 2.45) is 0 Å². The number of hydrogen-bond donors (Lipinski definition) is 1. The summed E-state index contributed by atoms with van der Waals surface area (Å²) in [5.74, 6) is 0.898. The summed E-state index contributed by atoms with van der Waals surface area (Å²) in [6.07, 6.45) is 0. The smallest absolute Gasteiger partial charge is 0.119 e. The van der Waals surface area contributed by atoms with E-state index in [-0.39, 0.29) is 0 Å². The van der Waals surface area contributed by atoms with Crippen molar-refractivity contribution in [3.05, 3.63) is 45.9 Å². The van der Waals surface area contributed by atoms with Gasteiger partial charge in [-0.15, -0.1) is 11.3 Å². The quantitative estimate of drug-likeness (QED) is 0.883. The van der Waals surface area contributed by atoms with Crippen LogP contribution >= 0.6 is 11.3 Å². The second-order valence-electron chi connectivity index (χ2n) is 3.84. The maximum Gasteiger partial charge on any atom is 0.119 e. The van der Waals surface area contributed by atoms with Crippen molar-refractivity contribution < 1.29 is 4.74 Å². The number of benzene rings is 1. The molecule has 2 rings (SSSR count). The number of methoxy groups -OCH3 is 1. The first kappa shape index (κ1) is 12.1. The third-order valence-corrected chi connectivity index (χ3v) is 3.37. The summed E-state index contributed by atoms with van der Waals surface area (Å²) in [7, 11) is 1.69. The Kier molecular flexibility index (Phi) is 4.12. The van der Waals surface area contributed by atoms with E-state index in [4.69, 9.17) is 4.74 Å². The normalized spacial score (nSPS) is 10.5. The fourth-order valence-corrected chi connectivity index (χ4v) is 2.32. The number of ether oxygens (including phenoxy) is 1. The van der Waals surface area contributed by atoms with E-state index in [0.29, 0.717) is 0 Å². The molecule has 1 heterocycles. The number of nitrogens with one attached hydrogen (secondary N) is 1. The highest BCUT2D eigenvalue weighted by molar-refractivity contribution is 7.09. The zero-order valence-corrected chi connectivity index (χ0v) is 10.9. The summed E-state index contributed by atoms with van der Waals surface area (Å²) >= 11 is 1.69. The molecule has 0 fully saturated rings. The minimum absolute atomic E-state index is 0.815. The standard InChI is InChI=1S/C13H16N2OS/c1-10-9-17-13(15-10)8-14-7-11-4-3-5-12(6-11)16-2/h3-6,9,14H,7-8H2,1-2H3. The summed E-state index contributed by atoms with van der Waals surface area (Å²) in [4.78, 5) is 4.41. The van der Waals surface area contributed by atoms with Crippen LogP contribution in [-0.4, -0.2) is 12.1 Å². The molecule has 0 atom stereocenters. The van der Waals surface area contributed by atoms with Crippen LogP contribution in [0.4, 0.5) is 0 Å². The van der Waals surface area contributed by atoms with Crippen LogP contribution in [0.15, 0.2) is 29.6 Å². The highest BCUT2D eigenvalue weighted by Crippen LogP contribution is 2.13. The van der Waals surface area contributed by atoms with Gasteiger partial charge in [0.05, 0.1) is 7.11 Å². The van der Waals surface area contributed by atoms with Crippen molar-refractivity contribution in [1.82, 2.24) is 10.3 Å². The average Bonchev–Trinajstić information content (AvgIpc) is 2.75. The van der Waals surface area contributed by atoms with Crippen molar-refractivity contribution >= 4 is 11.3 Å². The van der Waals surface area contributed by atoms with Crippen LogP contribution in [0.3, 0.4) is 0 Å². The molecule has 0 aliphatic heterocycles. The fraction of sp³-hybridized carbons (Fsp3) is 0.308. The molecule has 1 aromatic carbocycles. The van der Waals surface area contributed by atoms with Gasteiger partial charge in [0.25, 0.3) is 0 Å². The summed E-state index contributed by atoms with van der Waals surface area (Å²) in [5, 5.41) is 6.58. The number of aromatic nitrogens is 1. The second-order valence-corrected chi connectivity index (χ2v) is 4.78. The number of rotatable bonds is 5. The van der Waals surface area contributed by atoms with Gasteiger partial charge in [-0.25, -0.2) is 4.98 Å². The molecule has 4 heteroatoms. The Bertz CT molecular complexity index is 482. The predicted molar refractivity (Wildman–Crippen MR) is 70.4 cm³/mol. The minimum atomic E-state index is 0.815. The van der Waals surface area contributed by atoms with Gasteiger partial charge in [0, 0.05) is 24.2 Å². The molecule has 0 aliphatic carbocycles. The van der Waals surface area contributed by atoms with E-state index in [1.54, 1.807) is 18.4 Å². The van der Waals surface area contributed by atoms with Gasteiger partial charge in [-0.05, 0) is 24.6 Å². The van der Waals surface area contributed by atoms with Gasteiger partial charge in [0.15, 0.2) is 0 Å². The lowest BCUT2D eigenvalue weighted by molar-refractivity contribution is 0.414. The third kappa shape index (κ3) is 3.54. The van der Waals surface area contributed by atoms with E-state index in [2.05, 4.69) is 21.7 Å². The lowest BCUT2D eigenvalue weighted by Crippen LogP contribution is -2.12. The van der Waals surface area contributed by atoms with Crippen LogP contribution in [0.2, 0.25) is 0 Å². The molecule has 0 spiro atoms. The van der Waals surface area contributed by atoms with Crippen LogP contribution in [0.5, 0.6) is 5.75 Å². The molecule has 1 aromatic heterocycles. The average molecular weight is 248 g/mol. The Labute approximate surface area is 105 Å². The molecule has 0 saturated carbocycles. The molecule has 90 valence electrons. The Morgan fingerprint density at radius 1 is 1.35 bits per heavy atom. The molecule has 0 amide bonds. The van der Waals surface area contributed by atoms with E-state index >= 15 is 0 Å². The molecule has 0 radical (unpaired) electrons. The first-order valence-corrected chi connectivity index (χ1v) is 6.40. The summed E-state index contributed by atoms with van der Waals surface area (Å²) in [6, 6.07) is 8.08. The highest BCUT2D eigenvalue weighted by atomic mass is 32.1. The number of nitrogens with zero attached hydrogens (tertiary/aromatic N) is 1. The van der Waals surface area contributed by atoms with Crippen LogP contribution in [0.1, 0.15) is 16.3 Å². The Morgan fingerprint density at radius 3 is 2.94 bits per heavy atom. The van der Waals surface area contributed by atoms with Gasteiger partial charge < -0.3 is 10.1 Å². The highest BCUT2D eigenvalue weighted by Gasteiger charge is 1.99. The predicted octanol–water partition coefficient (Wildman–Crippen LogP) is 2.75. The third-order valence-electron chi connectivity index (χ3n) is 2.41. The van der Waals surface area contributed by atoms with E-state index in [1.807, 2.05) is 25.1 Å². The topological polar surface area (TPSA) is 34.1 Å². The number of aryl methyl sites for hydroxylation is 1. The molecule has 0 bridgehead atoms. The summed E-state index contributed by atoms with van der Waals surface area (Å²) in [6.45, 7) is 3.66. The molecular formula is C13H16N2OS. The van der Waals surface area contributed by atoms with Crippen molar-refractivity contribution in [3.63, 3.8) is 0 Å². The molecule has 0 aliphatic rings. The van der Waals surface area contributed by atoms with Gasteiger partial charge in [0.1, 0.15) is 10.8 Å². The monoisotopic (exact) mass is 248 g/mol. The van der Waals surface area contributed by atoms with E-state index in [0.717, 1.165) is 29.5 Å². The molecule has 2 aromatic rings. The van der Waals surface area contributed by atoms with Gasteiger partial charge in [-0.3, -0.25) is 0 Å². The maximum atomic E-state index is 5.18. The molecule has 0 unspecified atom stereocenters. The lowest BCUT2D eigenvalue weighted by Gasteiger charge is -2.05. The van der Waals surface area contributed by atoms with Crippen molar-refractivity contribution in [3.8, 4) is 5.75 Å². The molecule has 0 saturated heterocycles. The van der Waals surface area contributed by atoms with Gasteiger partial charge in [-0.2, -0.15) is 0 Å². The molecule has 3 nitrogen and oxygen atoms in total. The molecular weight excluding hydrogens is 232 g/mol. The van der Waals surface area contributed by atoms with Crippen molar-refractivity contribution in [1.29, 1.82) is 0 Å². The number of hydrogen-bond acceptors (Lipinski definition) is 4. The van der Waals surface area contributed by atoms with E-state index < -0.39 is 0 Å². The fourth-order valence-electron chi connectivity index (χ4n) is 1.58. The van der Waals surface area contributed by atoms with Crippen LogP contribution in [0.25, 0.3) is 0 Å². The first-order valence-electron chi connectivity index (χ1n) is 5.52. The Balaban J connectivity index is 1.85. The largest absolute Gasteiger partial charge is 0.497 e. The van der Waals surface area contributed by atoms with Gasteiger partial charge in [0.2, 0.25) is 0 Å². The SMILES string of the molecule is COc1cccc(CNCc2nc(C)cs2)c1. The Hall–Kier alpha value is -1.39. The first-order chi connectivity index (χ1) is 8.28. The minimum Gasteiger partial charge on any atom is -0.497 e. The molecule has 1 N–H and O–H groups in total. The summed E-state index contributed by atoms with van der Waals surface area (Å²) in [5.41, 5.74) is 2.31. The lowest BCUT2D eigenvalue weighted by atomic mass is 10.2. The van der Waals surface area contributed by atoms with Gasteiger partial charge in [-0.1, -0.05) is 12.1 Å². The summed E-state index contributed by atoms with van der Waals surface area (Å²) < 4.78 is 5.18. The Morgan fingerprint density at radius 2 is 2.24 bits per heavy atom. The van der Waals surface area contributed by atoms with Crippen LogP contribution in [0, 0.1) is 6.92 Å². The van der Waals surface area contributed by atoms with E-state index in [9.17, 15) is 0 Å². The van der Waals surface area contributed by atoms with Crippen LogP contribution in [-0.2, 0) is 13.1 Å². The van der Waals surface area contributed by atoms with E-state index in [1.165, 1.54) is 5.56 Å². The maximum absolute atomic E-state index is 5.18.